The van der Waals surface area contributed by atoms with Crippen molar-refractivity contribution >= 4 is 40.5 Å². The number of carbonyl (C=O) groups excluding carboxylic acids is 3. The highest BCUT2D eigenvalue weighted by Crippen LogP contribution is 2.28. The number of carbonyl (C=O) groups is 3. The molecule has 1 aliphatic rings. The third kappa shape index (κ3) is 8.10. The topological polar surface area (TPSA) is 261 Å². The fraction of sp³-hybridized carbons (Fsp3) is 0.400. The number of hydrogen-bond donors (Lipinski definition) is 0. The number of nitro groups is 4. The molecule has 0 aromatic heterocycles. The van der Waals surface area contributed by atoms with Gasteiger partial charge in [0, 0.05) is 37.1 Å². The maximum atomic E-state index is 13.4. The summed E-state index contributed by atoms with van der Waals surface area (Å²) in [4.78, 5) is 80.6. The summed E-state index contributed by atoms with van der Waals surface area (Å²) in [5, 5.41) is 45.0. The van der Waals surface area contributed by atoms with E-state index in [0.717, 1.165) is 0 Å². The number of ether oxygens (including phenoxy) is 4. The molecule has 0 amide bonds. The summed E-state index contributed by atoms with van der Waals surface area (Å²) in [6.45, 7) is 3.48. The van der Waals surface area contributed by atoms with Crippen molar-refractivity contribution in [3.05, 3.63) is 88.0 Å². The van der Waals surface area contributed by atoms with E-state index in [1.807, 2.05) is 0 Å². The minimum absolute atomic E-state index is 0.0381. The van der Waals surface area contributed by atoms with Crippen LogP contribution in [0.25, 0.3) is 0 Å². The zero-order valence-corrected chi connectivity index (χ0v) is 23.1. The summed E-state index contributed by atoms with van der Waals surface area (Å²) in [6.07, 6.45) is -4.08. The Kier molecular flexibility index (Phi) is 10.3. The van der Waals surface area contributed by atoms with Gasteiger partial charge in [-0.25, -0.2) is 9.59 Å². The van der Waals surface area contributed by atoms with E-state index in [2.05, 4.69) is 0 Å². The summed E-state index contributed by atoms with van der Waals surface area (Å²) < 4.78 is 21.6. The number of hydrogen-bond acceptors (Lipinski definition) is 15. The number of Topliss-reactive ketones (excluding diaryl/α,β-unsaturated/α-hetero) is 1. The minimum atomic E-state index is -1.89. The van der Waals surface area contributed by atoms with Crippen molar-refractivity contribution in [2.75, 3.05) is 13.2 Å². The van der Waals surface area contributed by atoms with Crippen molar-refractivity contribution in [2.24, 2.45) is 0 Å². The second-order valence-electron chi connectivity index (χ2n) is 9.48. The Bertz CT molecular complexity index is 1450. The average Bonchev–Trinajstić information content (AvgIpc) is 3.43. The molecule has 1 heterocycles. The van der Waals surface area contributed by atoms with Gasteiger partial charge in [0.1, 0.15) is 6.10 Å². The maximum Gasteiger partial charge on any atom is 0.339 e. The molecule has 0 aliphatic carbocycles. The Morgan fingerprint density at radius 3 is 1.50 bits per heavy atom. The Morgan fingerprint density at radius 2 is 1.14 bits per heavy atom. The van der Waals surface area contributed by atoms with E-state index < -0.39 is 89.3 Å². The van der Waals surface area contributed by atoms with Crippen LogP contribution in [0, 0.1) is 40.5 Å². The average molecular weight is 620 g/mol. The van der Waals surface area contributed by atoms with Gasteiger partial charge in [-0.15, -0.1) is 0 Å². The van der Waals surface area contributed by atoms with E-state index in [0.29, 0.717) is 36.4 Å². The number of nitrogens with zero attached hydrogens (tertiary/aromatic N) is 4. The van der Waals surface area contributed by atoms with Gasteiger partial charge in [-0.05, 0) is 13.3 Å². The van der Waals surface area contributed by atoms with E-state index in [1.165, 1.54) is 6.92 Å². The lowest BCUT2D eigenvalue weighted by Crippen LogP contribution is -2.42. The van der Waals surface area contributed by atoms with Crippen LogP contribution < -0.4 is 0 Å². The third-order valence-electron chi connectivity index (χ3n) is 6.39. The van der Waals surface area contributed by atoms with Crippen LogP contribution in [0.3, 0.4) is 0 Å². The predicted molar refractivity (Wildman–Crippen MR) is 143 cm³/mol. The normalized spacial score (nSPS) is 15.0. The Balaban J connectivity index is 1.96. The van der Waals surface area contributed by atoms with Crippen LogP contribution in [0.2, 0.25) is 0 Å². The summed E-state index contributed by atoms with van der Waals surface area (Å²) >= 11 is 0. The van der Waals surface area contributed by atoms with Crippen molar-refractivity contribution < 1.29 is 53.0 Å². The van der Waals surface area contributed by atoms with Crippen molar-refractivity contribution in [3.63, 3.8) is 0 Å². The fourth-order valence-corrected chi connectivity index (χ4v) is 4.14. The second-order valence-corrected chi connectivity index (χ2v) is 9.48. The summed E-state index contributed by atoms with van der Waals surface area (Å²) in [6, 6.07) is 4.02. The van der Waals surface area contributed by atoms with E-state index in [4.69, 9.17) is 18.9 Å². The van der Waals surface area contributed by atoms with E-state index >= 15 is 0 Å². The van der Waals surface area contributed by atoms with Gasteiger partial charge in [-0.2, -0.15) is 0 Å². The number of non-ortho nitro benzene ring substituents is 4. The lowest BCUT2D eigenvalue weighted by atomic mass is 10.00. The van der Waals surface area contributed by atoms with Crippen molar-refractivity contribution in [2.45, 2.75) is 51.1 Å². The molecular formula is C25H24N4O15. The van der Waals surface area contributed by atoms with Crippen LogP contribution in [0.1, 0.15) is 53.8 Å². The van der Waals surface area contributed by atoms with Crippen LogP contribution in [-0.2, 0) is 23.7 Å². The first kappa shape index (κ1) is 33.1. The number of rotatable bonds is 14. The van der Waals surface area contributed by atoms with Crippen LogP contribution >= 0.6 is 0 Å². The molecule has 2 aromatic rings. The molecule has 19 nitrogen and oxygen atoms in total. The molecule has 0 bridgehead atoms. The molecule has 0 saturated carbocycles. The van der Waals surface area contributed by atoms with E-state index in [9.17, 15) is 54.8 Å². The predicted octanol–water partition coefficient (Wildman–Crippen LogP) is 3.59. The highest BCUT2D eigenvalue weighted by atomic mass is 16.7. The maximum absolute atomic E-state index is 13.4. The van der Waals surface area contributed by atoms with Gasteiger partial charge in [-0.1, -0.05) is 6.92 Å². The molecule has 0 N–H and O–H groups in total. The first-order valence-corrected chi connectivity index (χ1v) is 12.7. The number of benzene rings is 2. The van der Waals surface area contributed by atoms with Crippen molar-refractivity contribution in [1.82, 2.24) is 0 Å². The SMILES string of the molecule is CC[C@@H](OC(=O)c1cc([N+](=O)[O-])cc([N+](=O)[O-])c1)[C@H](OC(=O)c1cc([N+](=O)[O-])cc([N+](=O)[O-])c1)C(=O)CCC1(C)OCCO1. The molecule has 2 aromatic carbocycles. The number of ketones is 1. The molecule has 1 saturated heterocycles. The zero-order chi connectivity index (χ0) is 32.8. The van der Waals surface area contributed by atoms with Crippen LogP contribution in [0.15, 0.2) is 36.4 Å². The molecule has 3 rings (SSSR count). The molecule has 234 valence electrons. The molecule has 1 aliphatic heterocycles. The van der Waals surface area contributed by atoms with Gasteiger partial charge in [0.15, 0.2) is 17.7 Å². The first-order chi connectivity index (χ1) is 20.6. The van der Waals surface area contributed by atoms with Crippen molar-refractivity contribution in [3.8, 4) is 0 Å². The van der Waals surface area contributed by atoms with Crippen LogP contribution in [0.4, 0.5) is 22.7 Å². The Hall–Kier alpha value is -5.43. The van der Waals surface area contributed by atoms with Crippen LogP contribution in [-0.4, -0.2) is 68.6 Å². The molecular weight excluding hydrogens is 596 g/mol. The van der Waals surface area contributed by atoms with E-state index in [1.54, 1.807) is 6.92 Å². The lowest BCUT2D eigenvalue weighted by Gasteiger charge is -2.27. The molecule has 0 spiro atoms. The van der Waals surface area contributed by atoms with Crippen LogP contribution in [0.5, 0.6) is 0 Å². The molecule has 44 heavy (non-hydrogen) atoms. The zero-order valence-electron chi connectivity index (χ0n) is 23.1. The first-order valence-electron chi connectivity index (χ1n) is 12.7. The highest BCUT2D eigenvalue weighted by molar-refractivity contribution is 5.95. The van der Waals surface area contributed by atoms with E-state index in [-0.39, 0.29) is 32.5 Å². The summed E-state index contributed by atoms with van der Waals surface area (Å²) in [7, 11) is 0. The van der Waals surface area contributed by atoms with Gasteiger partial charge in [-0.3, -0.25) is 45.3 Å². The van der Waals surface area contributed by atoms with Crippen molar-refractivity contribution in [1.29, 1.82) is 0 Å². The highest BCUT2D eigenvalue weighted by Gasteiger charge is 2.38. The van der Waals surface area contributed by atoms with Gasteiger partial charge in [0.05, 0.1) is 56.2 Å². The molecule has 19 heteroatoms. The molecule has 1 fully saturated rings. The Labute approximate surface area is 246 Å². The van der Waals surface area contributed by atoms with Gasteiger partial charge in [0.25, 0.3) is 22.7 Å². The minimum Gasteiger partial charge on any atom is -0.454 e. The van der Waals surface area contributed by atoms with Gasteiger partial charge in [0.2, 0.25) is 0 Å². The number of nitro benzene ring substituents is 4. The summed E-state index contributed by atoms with van der Waals surface area (Å²) in [5.74, 6) is -4.73. The largest absolute Gasteiger partial charge is 0.454 e. The Morgan fingerprint density at radius 1 is 0.750 bits per heavy atom. The summed E-state index contributed by atoms with van der Waals surface area (Å²) in [5.41, 5.74) is -4.50. The lowest BCUT2D eigenvalue weighted by molar-refractivity contribution is -0.394. The molecule has 0 radical (unpaired) electrons. The number of esters is 2. The monoisotopic (exact) mass is 620 g/mol. The molecule has 2 atom stereocenters. The molecule has 0 unspecified atom stereocenters. The second kappa shape index (κ2) is 13.7. The third-order valence-corrected chi connectivity index (χ3v) is 6.39. The smallest absolute Gasteiger partial charge is 0.339 e. The fourth-order valence-electron chi connectivity index (χ4n) is 4.14. The quantitative estimate of drug-likeness (QED) is 0.166. The van der Waals surface area contributed by atoms with Gasteiger partial charge < -0.3 is 18.9 Å². The standard InChI is InChI=1S/C25H24N4O15/c1-3-21(43-23(31)14-8-16(26(33)34)12-17(9-14)27(35)36)22(20(30)4-5-25(2)41-6-7-42-25)44-24(32)15-10-18(28(37)38)13-19(11-15)29(39)40/h8-13,21-22H,3-7H2,1-2H3/t21-,22-/m1/s1. The van der Waals surface area contributed by atoms with Gasteiger partial charge >= 0.3 is 11.9 Å².